The van der Waals surface area contributed by atoms with E-state index in [0.29, 0.717) is 17.2 Å². The van der Waals surface area contributed by atoms with E-state index in [4.69, 9.17) is 21.1 Å². The van der Waals surface area contributed by atoms with Crippen LogP contribution in [0, 0.1) is 0 Å². The van der Waals surface area contributed by atoms with Crippen LogP contribution in [0.5, 0.6) is 11.5 Å². The Hall–Kier alpha value is -1.75. The zero-order valence-corrected chi connectivity index (χ0v) is 9.34. The average molecular weight is 242 g/mol. The number of nitrogens with one attached hydrogen (secondary N) is 1. The van der Waals surface area contributed by atoms with Crippen molar-refractivity contribution in [2.75, 3.05) is 19.5 Å². The number of ether oxygens (including phenoxy) is 2. The molecular formula is C10H8ClNO4. The standard InChI is InChI=1S/C10H8ClNO4/c1-15-4-3-5(16-2)8-6(7(4)11)9(13)10(14)12-8/h3H,1-2H3,(H,12,13,14). The number of methoxy groups -OCH3 is 2. The first-order chi connectivity index (χ1) is 7.60. The summed E-state index contributed by atoms with van der Waals surface area (Å²) in [6.45, 7) is 0. The average Bonchev–Trinajstić information content (AvgIpc) is 2.57. The summed E-state index contributed by atoms with van der Waals surface area (Å²) < 4.78 is 10.0. The molecule has 0 bridgehead atoms. The fourth-order valence-corrected chi connectivity index (χ4v) is 1.85. The van der Waals surface area contributed by atoms with E-state index in [-0.39, 0.29) is 10.6 Å². The highest BCUT2D eigenvalue weighted by Gasteiger charge is 2.35. The van der Waals surface area contributed by atoms with E-state index in [9.17, 15) is 9.59 Å². The largest absolute Gasteiger partial charge is 0.495 e. The van der Waals surface area contributed by atoms with Crippen molar-refractivity contribution in [2.45, 2.75) is 0 Å². The minimum atomic E-state index is -0.719. The van der Waals surface area contributed by atoms with Gasteiger partial charge in [-0.2, -0.15) is 0 Å². The van der Waals surface area contributed by atoms with E-state index in [0.717, 1.165) is 0 Å². The number of benzene rings is 1. The highest BCUT2D eigenvalue weighted by molar-refractivity contribution is 6.55. The number of anilines is 1. The SMILES string of the molecule is COc1cc(OC)c2c(c1Cl)C(=O)C(=O)N2. The van der Waals surface area contributed by atoms with Gasteiger partial charge in [0, 0.05) is 6.07 Å². The minimum absolute atomic E-state index is 0.0999. The lowest BCUT2D eigenvalue weighted by Gasteiger charge is -2.10. The van der Waals surface area contributed by atoms with Crippen LogP contribution in [0.4, 0.5) is 5.69 Å². The second-order valence-electron chi connectivity index (χ2n) is 3.13. The Morgan fingerprint density at radius 2 is 1.81 bits per heavy atom. The first kappa shape index (κ1) is 10.8. The lowest BCUT2D eigenvalue weighted by molar-refractivity contribution is -0.112. The summed E-state index contributed by atoms with van der Waals surface area (Å²) in [7, 11) is 2.85. The number of carbonyl (C=O) groups excluding carboxylic acids is 2. The number of rotatable bonds is 2. The Morgan fingerprint density at radius 3 is 2.38 bits per heavy atom. The highest BCUT2D eigenvalue weighted by atomic mass is 35.5. The molecule has 0 atom stereocenters. The molecule has 0 fully saturated rings. The molecule has 0 aromatic heterocycles. The third kappa shape index (κ3) is 1.32. The fraction of sp³-hybridized carbons (Fsp3) is 0.200. The van der Waals surface area contributed by atoms with E-state index < -0.39 is 11.7 Å². The molecule has 0 radical (unpaired) electrons. The molecule has 1 aromatic rings. The van der Waals surface area contributed by atoms with Gasteiger partial charge in [0.25, 0.3) is 11.7 Å². The summed E-state index contributed by atoms with van der Waals surface area (Å²) in [5.74, 6) is -0.766. The molecule has 0 aliphatic carbocycles. The van der Waals surface area contributed by atoms with Crippen LogP contribution in [-0.4, -0.2) is 25.9 Å². The smallest absolute Gasteiger partial charge is 0.297 e. The minimum Gasteiger partial charge on any atom is -0.495 e. The van der Waals surface area contributed by atoms with Gasteiger partial charge in [0.05, 0.1) is 30.5 Å². The van der Waals surface area contributed by atoms with Crippen LogP contribution in [0.2, 0.25) is 5.02 Å². The van der Waals surface area contributed by atoms with Crippen LogP contribution in [0.15, 0.2) is 6.07 Å². The van der Waals surface area contributed by atoms with Crippen molar-refractivity contribution in [3.63, 3.8) is 0 Å². The molecule has 1 amide bonds. The van der Waals surface area contributed by atoms with Crippen molar-refractivity contribution in [3.8, 4) is 11.5 Å². The molecule has 0 saturated heterocycles. The summed E-state index contributed by atoms with van der Waals surface area (Å²) in [4.78, 5) is 22.8. The first-order valence-corrected chi connectivity index (χ1v) is 4.78. The maximum absolute atomic E-state index is 11.5. The summed E-state index contributed by atoms with van der Waals surface area (Å²) >= 11 is 5.95. The van der Waals surface area contributed by atoms with Gasteiger partial charge in [0.1, 0.15) is 11.5 Å². The maximum atomic E-state index is 11.5. The van der Waals surface area contributed by atoms with E-state index in [1.165, 1.54) is 20.3 Å². The number of amides is 1. The maximum Gasteiger partial charge on any atom is 0.297 e. The number of hydrogen-bond acceptors (Lipinski definition) is 4. The number of fused-ring (bicyclic) bond motifs is 1. The van der Waals surface area contributed by atoms with Crippen molar-refractivity contribution in [1.29, 1.82) is 0 Å². The van der Waals surface area contributed by atoms with Gasteiger partial charge in [-0.25, -0.2) is 0 Å². The van der Waals surface area contributed by atoms with Crippen LogP contribution in [0.3, 0.4) is 0 Å². The first-order valence-electron chi connectivity index (χ1n) is 4.40. The lowest BCUT2D eigenvalue weighted by atomic mass is 10.1. The summed E-state index contributed by atoms with van der Waals surface area (Å²) in [5, 5.41) is 2.52. The van der Waals surface area contributed by atoms with Crippen molar-refractivity contribution in [1.82, 2.24) is 0 Å². The fourth-order valence-electron chi connectivity index (χ4n) is 1.54. The zero-order valence-electron chi connectivity index (χ0n) is 8.59. The zero-order chi connectivity index (χ0) is 11.9. The molecule has 5 nitrogen and oxygen atoms in total. The van der Waals surface area contributed by atoms with Crippen molar-refractivity contribution >= 4 is 29.0 Å². The molecule has 1 heterocycles. The second-order valence-corrected chi connectivity index (χ2v) is 3.51. The van der Waals surface area contributed by atoms with Crippen LogP contribution in [0.25, 0.3) is 0 Å². The molecule has 6 heteroatoms. The Kier molecular flexibility index (Phi) is 2.47. The second kappa shape index (κ2) is 3.68. The van der Waals surface area contributed by atoms with Gasteiger partial charge >= 0.3 is 0 Å². The Balaban J connectivity index is 2.74. The molecular weight excluding hydrogens is 234 g/mol. The summed E-state index contributed by atoms with van der Waals surface area (Å²) in [6, 6.07) is 1.51. The van der Waals surface area contributed by atoms with Gasteiger partial charge < -0.3 is 14.8 Å². The molecule has 1 N–H and O–H groups in total. The third-order valence-corrected chi connectivity index (χ3v) is 2.68. The topological polar surface area (TPSA) is 64.6 Å². The van der Waals surface area contributed by atoms with E-state index in [2.05, 4.69) is 5.32 Å². The number of carbonyl (C=O) groups is 2. The Labute approximate surface area is 96.3 Å². The predicted molar refractivity (Wildman–Crippen MR) is 57.5 cm³/mol. The van der Waals surface area contributed by atoms with Gasteiger partial charge in [-0.15, -0.1) is 0 Å². The summed E-state index contributed by atoms with van der Waals surface area (Å²) in [6.07, 6.45) is 0. The quantitative estimate of drug-likeness (QED) is 0.797. The normalized spacial score (nSPS) is 13.4. The highest BCUT2D eigenvalue weighted by Crippen LogP contribution is 2.43. The molecule has 16 heavy (non-hydrogen) atoms. The van der Waals surface area contributed by atoms with Gasteiger partial charge in [0.2, 0.25) is 0 Å². The molecule has 84 valence electrons. The lowest BCUT2D eigenvalue weighted by Crippen LogP contribution is -2.12. The molecule has 0 unspecified atom stereocenters. The predicted octanol–water partition coefficient (Wildman–Crippen LogP) is 1.49. The van der Waals surface area contributed by atoms with Gasteiger partial charge in [-0.3, -0.25) is 9.59 Å². The Morgan fingerprint density at radius 1 is 1.19 bits per heavy atom. The summed E-state index contributed by atoms with van der Waals surface area (Å²) in [5.41, 5.74) is 0.395. The molecule has 1 aromatic carbocycles. The number of Topliss-reactive ketones (excluding diaryl/α,β-unsaturated/α-hetero) is 1. The number of ketones is 1. The van der Waals surface area contributed by atoms with Crippen LogP contribution < -0.4 is 14.8 Å². The number of halogens is 1. The Bertz CT molecular complexity index is 498. The van der Waals surface area contributed by atoms with Gasteiger partial charge in [-0.05, 0) is 0 Å². The molecule has 0 spiro atoms. The van der Waals surface area contributed by atoms with Gasteiger partial charge in [-0.1, -0.05) is 11.6 Å². The van der Waals surface area contributed by atoms with Crippen LogP contribution in [-0.2, 0) is 4.79 Å². The number of hydrogen-bond donors (Lipinski definition) is 1. The van der Waals surface area contributed by atoms with E-state index in [1.807, 2.05) is 0 Å². The van der Waals surface area contributed by atoms with Crippen molar-refractivity contribution in [2.24, 2.45) is 0 Å². The van der Waals surface area contributed by atoms with Crippen LogP contribution >= 0.6 is 11.6 Å². The van der Waals surface area contributed by atoms with E-state index >= 15 is 0 Å². The van der Waals surface area contributed by atoms with Gasteiger partial charge in [0.15, 0.2) is 0 Å². The monoisotopic (exact) mass is 241 g/mol. The van der Waals surface area contributed by atoms with Crippen LogP contribution in [0.1, 0.15) is 10.4 Å². The molecule has 1 aliphatic heterocycles. The molecule has 2 rings (SSSR count). The molecule has 1 aliphatic rings. The molecule has 0 saturated carbocycles. The third-order valence-electron chi connectivity index (χ3n) is 2.31. The van der Waals surface area contributed by atoms with E-state index in [1.54, 1.807) is 0 Å². The van der Waals surface area contributed by atoms with Crippen molar-refractivity contribution in [3.05, 3.63) is 16.7 Å². The van der Waals surface area contributed by atoms with Crippen molar-refractivity contribution < 1.29 is 19.1 Å².